The Morgan fingerprint density at radius 3 is 2.53 bits per heavy atom. The number of carbonyl (C=O) groups excluding carboxylic acids is 1. The molecule has 0 radical (unpaired) electrons. The van der Waals surface area contributed by atoms with Crippen LogP contribution in [-0.4, -0.2) is 29.1 Å². The predicted octanol–water partition coefficient (Wildman–Crippen LogP) is 2.24. The standard InChI is InChI=1S/C10H12Cl2N2O2S/c11-7-3-6(13)4-8(12)10(7)14-9(16)5-17-2-1-15/h3-4,15H,1-2,5,13H2,(H,14,16). The van der Waals surface area contributed by atoms with Crippen LogP contribution in [-0.2, 0) is 4.79 Å². The number of nitrogens with two attached hydrogens (primary N) is 1. The van der Waals surface area contributed by atoms with Gasteiger partial charge in [0.1, 0.15) is 0 Å². The van der Waals surface area contributed by atoms with Gasteiger partial charge in [0.25, 0.3) is 0 Å². The van der Waals surface area contributed by atoms with Gasteiger partial charge in [0.05, 0.1) is 28.1 Å². The number of aliphatic hydroxyl groups excluding tert-OH is 1. The fourth-order valence-electron chi connectivity index (χ4n) is 1.12. The zero-order valence-corrected chi connectivity index (χ0v) is 11.2. The van der Waals surface area contributed by atoms with Gasteiger partial charge in [-0.25, -0.2) is 0 Å². The molecule has 0 heterocycles. The molecule has 0 aliphatic heterocycles. The molecule has 4 N–H and O–H groups in total. The molecule has 1 amide bonds. The topological polar surface area (TPSA) is 75.3 Å². The minimum atomic E-state index is -0.225. The van der Waals surface area contributed by atoms with Crippen LogP contribution in [0.5, 0.6) is 0 Å². The van der Waals surface area contributed by atoms with E-state index in [4.69, 9.17) is 34.0 Å². The maximum absolute atomic E-state index is 11.5. The molecule has 0 spiro atoms. The normalized spacial score (nSPS) is 10.3. The number of anilines is 2. The SMILES string of the molecule is Nc1cc(Cl)c(NC(=O)CSCCO)c(Cl)c1. The number of rotatable bonds is 5. The molecule has 1 rings (SSSR count). The lowest BCUT2D eigenvalue weighted by atomic mass is 10.3. The number of thioether (sulfide) groups is 1. The molecule has 1 aromatic carbocycles. The summed E-state index contributed by atoms with van der Waals surface area (Å²) in [6, 6.07) is 3.04. The second-order valence-electron chi connectivity index (χ2n) is 3.18. The van der Waals surface area contributed by atoms with Crippen LogP contribution in [0.15, 0.2) is 12.1 Å². The van der Waals surface area contributed by atoms with Gasteiger partial charge < -0.3 is 16.2 Å². The third kappa shape index (κ3) is 4.63. The number of aliphatic hydroxyl groups is 1. The van der Waals surface area contributed by atoms with E-state index in [0.717, 1.165) is 0 Å². The summed E-state index contributed by atoms with van der Waals surface area (Å²) < 4.78 is 0. The minimum absolute atomic E-state index is 0.0430. The highest BCUT2D eigenvalue weighted by molar-refractivity contribution is 7.99. The first-order valence-corrected chi connectivity index (χ1v) is 6.68. The van der Waals surface area contributed by atoms with Crippen molar-refractivity contribution < 1.29 is 9.90 Å². The van der Waals surface area contributed by atoms with Crippen molar-refractivity contribution in [3.05, 3.63) is 22.2 Å². The number of nitrogen functional groups attached to an aromatic ring is 1. The average molecular weight is 295 g/mol. The number of benzene rings is 1. The van der Waals surface area contributed by atoms with Crippen LogP contribution in [0.3, 0.4) is 0 Å². The van der Waals surface area contributed by atoms with Crippen molar-refractivity contribution in [1.29, 1.82) is 0 Å². The lowest BCUT2D eigenvalue weighted by Gasteiger charge is -2.09. The largest absolute Gasteiger partial charge is 0.399 e. The fourth-order valence-corrected chi connectivity index (χ4v) is 2.25. The molecule has 0 unspecified atom stereocenters. The lowest BCUT2D eigenvalue weighted by Crippen LogP contribution is -2.15. The summed E-state index contributed by atoms with van der Waals surface area (Å²) in [6.07, 6.45) is 0. The molecule has 1 aromatic rings. The monoisotopic (exact) mass is 294 g/mol. The minimum Gasteiger partial charge on any atom is -0.399 e. The average Bonchev–Trinajstić information content (AvgIpc) is 2.24. The van der Waals surface area contributed by atoms with Gasteiger partial charge in [-0.15, -0.1) is 11.8 Å². The number of amides is 1. The van der Waals surface area contributed by atoms with E-state index < -0.39 is 0 Å². The van der Waals surface area contributed by atoms with Gasteiger partial charge in [-0.3, -0.25) is 4.79 Å². The van der Waals surface area contributed by atoms with E-state index >= 15 is 0 Å². The molecule has 0 saturated carbocycles. The maximum Gasteiger partial charge on any atom is 0.234 e. The van der Waals surface area contributed by atoms with Crippen molar-refractivity contribution in [3.8, 4) is 0 Å². The molecule has 0 atom stereocenters. The Bertz CT molecular complexity index is 392. The number of nitrogens with one attached hydrogen (secondary N) is 1. The molecule has 0 fully saturated rings. The van der Waals surface area contributed by atoms with E-state index in [1.54, 1.807) is 0 Å². The first kappa shape index (κ1) is 14.4. The molecule has 0 saturated heterocycles. The summed E-state index contributed by atoms with van der Waals surface area (Å²) in [4.78, 5) is 11.5. The molecule has 7 heteroatoms. The van der Waals surface area contributed by atoms with Gasteiger partial charge in [-0.05, 0) is 12.1 Å². The molecule has 94 valence electrons. The number of halogens is 2. The molecule has 4 nitrogen and oxygen atoms in total. The van der Waals surface area contributed by atoms with Crippen molar-refractivity contribution in [2.24, 2.45) is 0 Å². The van der Waals surface area contributed by atoms with Gasteiger partial charge in [0.2, 0.25) is 5.91 Å². The quantitative estimate of drug-likeness (QED) is 0.575. The fraction of sp³-hybridized carbons (Fsp3) is 0.300. The molecular formula is C10H12Cl2N2O2S. The zero-order valence-electron chi connectivity index (χ0n) is 8.87. The number of hydrogen-bond acceptors (Lipinski definition) is 4. The van der Waals surface area contributed by atoms with Gasteiger partial charge in [-0.1, -0.05) is 23.2 Å². The van der Waals surface area contributed by atoms with Crippen LogP contribution < -0.4 is 11.1 Å². The van der Waals surface area contributed by atoms with Crippen molar-refractivity contribution in [2.75, 3.05) is 29.2 Å². The summed E-state index contributed by atoms with van der Waals surface area (Å²) in [5, 5.41) is 11.8. The summed E-state index contributed by atoms with van der Waals surface area (Å²) in [7, 11) is 0. The zero-order chi connectivity index (χ0) is 12.8. The highest BCUT2D eigenvalue weighted by Gasteiger charge is 2.10. The van der Waals surface area contributed by atoms with E-state index in [9.17, 15) is 4.79 Å². The highest BCUT2D eigenvalue weighted by atomic mass is 35.5. The van der Waals surface area contributed by atoms with Crippen molar-refractivity contribution in [3.63, 3.8) is 0 Å². The van der Waals surface area contributed by atoms with Crippen molar-refractivity contribution >= 4 is 52.2 Å². The Morgan fingerprint density at radius 1 is 1.41 bits per heavy atom. The van der Waals surface area contributed by atoms with Crippen LogP contribution in [0.25, 0.3) is 0 Å². The summed E-state index contributed by atoms with van der Waals surface area (Å²) >= 11 is 13.2. The Kier molecular flexibility index (Phi) is 5.91. The Morgan fingerprint density at radius 2 is 2.00 bits per heavy atom. The second kappa shape index (κ2) is 6.96. The predicted molar refractivity (Wildman–Crippen MR) is 73.9 cm³/mol. The van der Waals surface area contributed by atoms with Gasteiger partial charge in [-0.2, -0.15) is 0 Å². The first-order chi connectivity index (χ1) is 8.04. The Hall–Kier alpha value is -0.620. The summed E-state index contributed by atoms with van der Waals surface area (Å²) in [6.45, 7) is 0.0430. The van der Waals surface area contributed by atoms with Crippen LogP contribution in [0.2, 0.25) is 10.0 Å². The summed E-state index contributed by atoms with van der Waals surface area (Å²) in [5.41, 5.74) is 6.34. The maximum atomic E-state index is 11.5. The van der Waals surface area contributed by atoms with Crippen molar-refractivity contribution in [2.45, 2.75) is 0 Å². The molecule has 17 heavy (non-hydrogen) atoms. The summed E-state index contributed by atoms with van der Waals surface area (Å²) in [5.74, 6) is 0.519. The Labute approximate surface area is 113 Å². The van der Waals surface area contributed by atoms with E-state index in [1.165, 1.54) is 23.9 Å². The van der Waals surface area contributed by atoms with Gasteiger partial charge >= 0.3 is 0 Å². The van der Waals surface area contributed by atoms with Crippen LogP contribution >= 0.6 is 35.0 Å². The third-order valence-electron chi connectivity index (χ3n) is 1.80. The van der Waals surface area contributed by atoms with E-state index in [1.807, 2.05) is 0 Å². The van der Waals surface area contributed by atoms with E-state index in [2.05, 4.69) is 5.32 Å². The molecule has 0 aromatic heterocycles. The molecule has 0 aliphatic rings. The second-order valence-corrected chi connectivity index (χ2v) is 5.10. The first-order valence-electron chi connectivity index (χ1n) is 4.77. The van der Waals surface area contributed by atoms with Gasteiger partial charge in [0, 0.05) is 11.4 Å². The molecule has 0 bridgehead atoms. The number of carbonyl (C=O) groups is 1. The smallest absolute Gasteiger partial charge is 0.234 e. The van der Waals surface area contributed by atoms with Crippen LogP contribution in [0.1, 0.15) is 0 Å². The van der Waals surface area contributed by atoms with Crippen molar-refractivity contribution in [1.82, 2.24) is 0 Å². The van der Waals surface area contributed by atoms with Crippen LogP contribution in [0, 0.1) is 0 Å². The third-order valence-corrected chi connectivity index (χ3v) is 3.33. The van der Waals surface area contributed by atoms with Gasteiger partial charge in [0.15, 0.2) is 0 Å². The molecular weight excluding hydrogens is 283 g/mol. The molecule has 0 aliphatic carbocycles. The number of hydrogen-bond donors (Lipinski definition) is 3. The van der Waals surface area contributed by atoms with Crippen LogP contribution in [0.4, 0.5) is 11.4 Å². The van der Waals surface area contributed by atoms with E-state index in [0.29, 0.717) is 27.2 Å². The highest BCUT2D eigenvalue weighted by Crippen LogP contribution is 2.32. The van der Waals surface area contributed by atoms with E-state index in [-0.39, 0.29) is 18.3 Å². The Balaban J connectivity index is 2.65. The lowest BCUT2D eigenvalue weighted by molar-refractivity contribution is -0.113.